The fraction of sp³-hybridized carbons (Fsp3) is 0. The number of para-hydroxylation sites is 1. The van der Waals surface area contributed by atoms with Crippen molar-refractivity contribution in [2.75, 3.05) is 0 Å². The number of aromatic nitrogens is 3. The molecule has 0 unspecified atom stereocenters. The van der Waals surface area contributed by atoms with Crippen molar-refractivity contribution in [1.82, 2.24) is 14.5 Å². The molecule has 5 aromatic carbocycles. The summed E-state index contributed by atoms with van der Waals surface area (Å²) < 4.78 is 3.59. The normalized spacial score (nSPS) is 11.5. The van der Waals surface area contributed by atoms with E-state index >= 15 is 0 Å². The molecule has 3 aromatic heterocycles. The van der Waals surface area contributed by atoms with Crippen LogP contribution in [-0.2, 0) is 0 Å². The second-order valence-corrected chi connectivity index (χ2v) is 10.9. The summed E-state index contributed by atoms with van der Waals surface area (Å²) in [7, 11) is 0. The monoisotopic (exact) mass is 529 g/mol. The summed E-state index contributed by atoms with van der Waals surface area (Å²) in [4.78, 5) is 9.57. The third-order valence-corrected chi connectivity index (χ3v) is 8.57. The van der Waals surface area contributed by atoms with E-state index in [9.17, 15) is 0 Å². The molecule has 0 fully saturated rings. The first kappa shape index (κ1) is 22.9. The number of thiazole rings is 1. The molecule has 0 aliphatic carbocycles. The van der Waals surface area contributed by atoms with Crippen LogP contribution in [0.1, 0.15) is 0 Å². The molecular weight excluding hydrogens is 506 g/mol. The van der Waals surface area contributed by atoms with Crippen LogP contribution < -0.4 is 0 Å². The van der Waals surface area contributed by atoms with Crippen molar-refractivity contribution in [3.8, 4) is 38.6 Å². The Labute approximate surface area is 235 Å². The molecule has 0 N–H and O–H groups in total. The van der Waals surface area contributed by atoms with Crippen molar-refractivity contribution < 1.29 is 0 Å². The summed E-state index contributed by atoms with van der Waals surface area (Å²) in [5, 5.41) is 3.51. The van der Waals surface area contributed by atoms with Gasteiger partial charge in [-0.25, -0.2) is 4.98 Å². The van der Waals surface area contributed by atoms with Crippen LogP contribution in [0.2, 0.25) is 0 Å². The van der Waals surface area contributed by atoms with E-state index < -0.39 is 0 Å². The first-order chi connectivity index (χ1) is 19.8. The van der Waals surface area contributed by atoms with E-state index in [1.807, 2.05) is 24.4 Å². The maximum atomic E-state index is 4.97. The van der Waals surface area contributed by atoms with Crippen LogP contribution in [0.25, 0.3) is 70.7 Å². The summed E-state index contributed by atoms with van der Waals surface area (Å²) >= 11 is 1.74. The van der Waals surface area contributed by atoms with Crippen LogP contribution in [0.4, 0.5) is 0 Å². The van der Waals surface area contributed by atoms with Crippen molar-refractivity contribution in [2.24, 2.45) is 0 Å². The van der Waals surface area contributed by atoms with Crippen LogP contribution >= 0.6 is 11.3 Å². The van der Waals surface area contributed by atoms with Crippen LogP contribution in [0.5, 0.6) is 0 Å². The molecule has 188 valence electrons. The molecule has 0 saturated carbocycles. The Balaban J connectivity index is 1.43. The van der Waals surface area contributed by atoms with Crippen molar-refractivity contribution >= 4 is 43.4 Å². The summed E-state index contributed by atoms with van der Waals surface area (Å²) in [6, 6.07) is 47.1. The minimum atomic E-state index is 0.963. The van der Waals surface area contributed by atoms with Gasteiger partial charge in [-0.05, 0) is 59.7 Å². The fourth-order valence-electron chi connectivity index (χ4n) is 5.67. The first-order valence-corrected chi connectivity index (χ1v) is 14.2. The maximum absolute atomic E-state index is 4.97. The Kier molecular flexibility index (Phi) is 5.32. The molecule has 0 atom stereocenters. The van der Waals surface area contributed by atoms with E-state index in [0.717, 1.165) is 38.5 Å². The molecule has 0 aliphatic rings. The molecule has 4 heteroatoms. The van der Waals surface area contributed by atoms with Crippen LogP contribution in [0.15, 0.2) is 140 Å². The van der Waals surface area contributed by atoms with Crippen molar-refractivity contribution in [3.05, 3.63) is 140 Å². The van der Waals surface area contributed by atoms with Gasteiger partial charge in [0, 0.05) is 33.8 Å². The van der Waals surface area contributed by atoms with Gasteiger partial charge in [-0.2, -0.15) is 0 Å². The van der Waals surface area contributed by atoms with E-state index in [2.05, 4.69) is 125 Å². The van der Waals surface area contributed by atoms with Gasteiger partial charge in [0.25, 0.3) is 0 Å². The molecule has 0 spiro atoms. The van der Waals surface area contributed by atoms with E-state index in [-0.39, 0.29) is 0 Å². The summed E-state index contributed by atoms with van der Waals surface area (Å²) in [5.41, 5.74) is 10.1. The molecule has 0 bridgehead atoms. The number of fused-ring (bicyclic) bond motifs is 4. The highest BCUT2D eigenvalue weighted by Crippen LogP contribution is 2.41. The van der Waals surface area contributed by atoms with E-state index in [0.29, 0.717) is 0 Å². The van der Waals surface area contributed by atoms with Crippen molar-refractivity contribution in [1.29, 1.82) is 0 Å². The zero-order valence-electron chi connectivity index (χ0n) is 21.5. The van der Waals surface area contributed by atoms with E-state index in [1.54, 1.807) is 11.3 Å². The Bertz CT molecular complexity index is 2130. The number of nitrogens with zero attached hydrogens (tertiary/aromatic N) is 3. The molecular formula is C36H23N3S. The minimum Gasteiger partial charge on any atom is -0.309 e. The van der Waals surface area contributed by atoms with Crippen LogP contribution in [0, 0.1) is 0 Å². The lowest BCUT2D eigenvalue weighted by Gasteiger charge is -2.11. The first-order valence-electron chi connectivity index (χ1n) is 13.3. The number of hydrogen-bond acceptors (Lipinski definition) is 3. The number of rotatable bonds is 4. The lowest BCUT2D eigenvalue weighted by atomic mass is 9.99. The van der Waals surface area contributed by atoms with Gasteiger partial charge < -0.3 is 4.57 Å². The van der Waals surface area contributed by atoms with Gasteiger partial charge in [0.2, 0.25) is 0 Å². The smallest absolute Gasteiger partial charge is 0.124 e. The molecule has 8 rings (SSSR count). The summed E-state index contributed by atoms with van der Waals surface area (Å²) in [6.07, 6.45) is 1.85. The van der Waals surface area contributed by atoms with Gasteiger partial charge in [0.05, 0.1) is 26.9 Å². The Hall–Kier alpha value is -5.06. The lowest BCUT2D eigenvalue weighted by Crippen LogP contribution is -1.95. The molecule has 40 heavy (non-hydrogen) atoms. The number of pyridine rings is 1. The van der Waals surface area contributed by atoms with Gasteiger partial charge in [-0.15, -0.1) is 11.3 Å². The third-order valence-electron chi connectivity index (χ3n) is 7.48. The fourth-order valence-corrected chi connectivity index (χ4v) is 6.63. The molecule has 0 amide bonds. The van der Waals surface area contributed by atoms with Crippen molar-refractivity contribution in [3.63, 3.8) is 0 Å². The predicted octanol–water partition coefficient (Wildman–Crippen LogP) is 9.79. The SMILES string of the molecule is c1ccc(-c2cccc3c2c2ccc(-c4nc5ccccc5s4)cc2n3-c2cccc(-c3ccccn3)c2)cc1. The zero-order valence-corrected chi connectivity index (χ0v) is 22.3. The molecule has 0 radical (unpaired) electrons. The average molecular weight is 530 g/mol. The third kappa shape index (κ3) is 3.73. The molecule has 8 aromatic rings. The number of hydrogen-bond donors (Lipinski definition) is 0. The van der Waals surface area contributed by atoms with Crippen LogP contribution in [0.3, 0.4) is 0 Å². The van der Waals surface area contributed by atoms with Gasteiger partial charge in [-0.1, -0.05) is 84.9 Å². The highest BCUT2D eigenvalue weighted by atomic mass is 32.1. The lowest BCUT2D eigenvalue weighted by molar-refractivity contribution is 1.18. The minimum absolute atomic E-state index is 0.963. The molecule has 0 aliphatic heterocycles. The zero-order chi connectivity index (χ0) is 26.5. The van der Waals surface area contributed by atoms with Gasteiger partial charge in [0.15, 0.2) is 0 Å². The summed E-state index contributed by atoms with van der Waals surface area (Å²) in [6.45, 7) is 0. The maximum Gasteiger partial charge on any atom is 0.124 e. The van der Waals surface area contributed by atoms with E-state index in [1.165, 1.54) is 32.1 Å². The predicted molar refractivity (Wildman–Crippen MR) is 168 cm³/mol. The quantitative estimate of drug-likeness (QED) is 0.227. The Morgan fingerprint density at radius 3 is 2.27 bits per heavy atom. The number of benzene rings is 5. The average Bonchev–Trinajstić information content (AvgIpc) is 3.61. The van der Waals surface area contributed by atoms with Gasteiger partial charge >= 0.3 is 0 Å². The standard InChI is InChI=1S/C36H23N3S/c1-2-10-24(11-3-1)28-14-9-17-32-35(28)29-20-19-26(36-38-31-16-4-5-18-34(31)40-36)23-33(29)39(32)27-13-8-12-25(22-27)30-15-6-7-21-37-30/h1-23H. The molecule has 3 nitrogen and oxygen atoms in total. The Morgan fingerprint density at radius 2 is 1.40 bits per heavy atom. The second-order valence-electron chi connectivity index (χ2n) is 9.89. The van der Waals surface area contributed by atoms with Crippen molar-refractivity contribution in [2.45, 2.75) is 0 Å². The summed E-state index contributed by atoms with van der Waals surface area (Å²) in [5.74, 6) is 0. The molecule has 3 heterocycles. The van der Waals surface area contributed by atoms with Crippen LogP contribution in [-0.4, -0.2) is 14.5 Å². The highest BCUT2D eigenvalue weighted by molar-refractivity contribution is 7.21. The van der Waals surface area contributed by atoms with E-state index in [4.69, 9.17) is 4.98 Å². The topological polar surface area (TPSA) is 30.7 Å². The van der Waals surface area contributed by atoms with Gasteiger partial charge in [0.1, 0.15) is 5.01 Å². The Morgan fingerprint density at radius 1 is 0.575 bits per heavy atom. The largest absolute Gasteiger partial charge is 0.309 e. The molecule has 0 saturated heterocycles. The highest BCUT2D eigenvalue weighted by Gasteiger charge is 2.18. The second kappa shape index (κ2) is 9.30. The van der Waals surface area contributed by atoms with Gasteiger partial charge in [-0.3, -0.25) is 4.98 Å².